The summed E-state index contributed by atoms with van der Waals surface area (Å²) in [7, 11) is 0. The molecule has 1 unspecified atom stereocenters. The summed E-state index contributed by atoms with van der Waals surface area (Å²) >= 11 is 1.20. The van der Waals surface area contributed by atoms with E-state index in [2.05, 4.69) is 4.98 Å². The van der Waals surface area contributed by atoms with Crippen molar-refractivity contribution in [2.75, 3.05) is 12.3 Å². The van der Waals surface area contributed by atoms with E-state index < -0.39 is 11.6 Å². The molecule has 1 aromatic rings. The molecule has 2 heterocycles. The van der Waals surface area contributed by atoms with Gasteiger partial charge in [-0.05, 0) is 19.8 Å². The van der Waals surface area contributed by atoms with Crippen LogP contribution in [0, 0.1) is 0 Å². The molecule has 1 fully saturated rings. The van der Waals surface area contributed by atoms with Crippen LogP contribution in [0.5, 0.6) is 0 Å². The van der Waals surface area contributed by atoms with Gasteiger partial charge in [0.25, 0.3) is 0 Å². The zero-order chi connectivity index (χ0) is 11.1. The molecule has 0 radical (unpaired) electrons. The molecular weight excluding hydrogens is 216 g/mol. The third-order valence-electron chi connectivity index (χ3n) is 2.53. The molecule has 0 spiro atoms. The summed E-state index contributed by atoms with van der Waals surface area (Å²) in [5, 5.41) is 9.74. The second kappa shape index (κ2) is 3.46. The Balaban J connectivity index is 2.37. The van der Waals surface area contributed by atoms with Crippen molar-refractivity contribution in [1.29, 1.82) is 0 Å². The Labute approximate surface area is 90.9 Å². The highest BCUT2D eigenvalue weighted by Crippen LogP contribution is 2.39. The second-order valence-corrected chi connectivity index (χ2v) is 4.75. The first-order valence-electron chi connectivity index (χ1n) is 4.67. The number of hydrogen-bond acceptors (Lipinski definition) is 5. The van der Waals surface area contributed by atoms with Gasteiger partial charge in [-0.1, -0.05) is 11.3 Å². The number of carboxylic acids is 1. The highest BCUT2D eigenvalue weighted by atomic mass is 32.1. The fourth-order valence-corrected chi connectivity index (χ4v) is 2.61. The molecule has 0 amide bonds. The minimum absolute atomic E-state index is 0.0632. The Morgan fingerprint density at radius 3 is 2.93 bits per heavy atom. The number of nitrogen functional groups attached to an aromatic ring is 1. The zero-order valence-corrected chi connectivity index (χ0v) is 9.13. The van der Waals surface area contributed by atoms with Crippen molar-refractivity contribution < 1.29 is 14.6 Å². The molecule has 0 saturated carbocycles. The maximum atomic E-state index is 10.8. The van der Waals surface area contributed by atoms with E-state index in [4.69, 9.17) is 15.6 Å². The van der Waals surface area contributed by atoms with Crippen LogP contribution >= 0.6 is 11.3 Å². The van der Waals surface area contributed by atoms with Gasteiger partial charge in [-0.15, -0.1) is 0 Å². The van der Waals surface area contributed by atoms with Gasteiger partial charge in [-0.3, -0.25) is 0 Å². The summed E-state index contributed by atoms with van der Waals surface area (Å²) in [6, 6.07) is 0. The Hall–Kier alpha value is -1.14. The molecule has 1 aromatic heterocycles. The average Bonchev–Trinajstić information content (AvgIpc) is 2.72. The number of aromatic nitrogens is 1. The summed E-state index contributed by atoms with van der Waals surface area (Å²) < 4.78 is 5.57. The van der Waals surface area contributed by atoms with Gasteiger partial charge in [0, 0.05) is 6.61 Å². The second-order valence-electron chi connectivity index (χ2n) is 3.72. The molecular formula is C9H12N2O3S. The highest BCUT2D eigenvalue weighted by molar-refractivity contribution is 7.16. The number of nitrogens with zero attached hydrogens (tertiary/aromatic N) is 1. The maximum absolute atomic E-state index is 10.8. The molecule has 82 valence electrons. The highest BCUT2D eigenvalue weighted by Gasteiger charge is 2.36. The van der Waals surface area contributed by atoms with E-state index >= 15 is 0 Å². The van der Waals surface area contributed by atoms with E-state index in [9.17, 15) is 4.79 Å². The van der Waals surface area contributed by atoms with Crippen LogP contribution in [0.1, 0.15) is 35.3 Å². The van der Waals surface area contributed by atoms with E-state index in [1.165, 1.54) is 11.3 Å². The number of aromatic carboxylic acids is 1. The topological polar surface area (TPSA) is 85.4 Å². The number of carboxylic acid groups (broad SMARTS) is 1. The Morgan fingerprint density at radius 1 is 1.73 bits per heavy atom. The van der Waals surface area contributed by atoms with E-state index in [0.717, 1.165) is 12.8 Å². The number of ether oxygens (including phenoxy) is 1. The molecule has 3 N–H and O–H groups in total. The largest absolute Gasteiger partial charge is 0.476 e. The van der Waals surface area contributed by atoms with Crippen LogP contribution in [0.2, 0.25) is 0 Å². The predicted octanol–water partition coefficient (Wildman–Crippen LogP) is 1.45. The lowest BCUT2D eigenvalue weighted by Gasteiger charge is -2.19. The molecule has 1 aliphatic heterocycles. The minimum Gasteiger partial charge on any atom is -0.476 e. The van der Waals surface area contributed by atoms with Gasteiger partial charge in [0.15, 0.2) is 5.69 Å². The molecule has 1 aliphatic rings. The molecule has 0 bridgehead atoms. The predicted molar refractivity (Wildman–Crippen MR) is 56.0 cm³/mol. The van der Waals surface area contributed by atoms with Gasteiger partial charge in [-0.25, -0.2) is 9.78 Å². The van der Waals surface area contributed by atoms with Gasteiger partial charge in [0.05, 0.1) is 0 Å². The van der Waals surface area contributed by atoms with Crippen molar-refractivity contribution in [2.24, 2.45) is 0 Å². The molecule has 1 atom stereocenters. The van der Waals surface area contributed by atoms with Crippen LogP contribution in [0.3, 0.4) is 0 Å². The molecule has 0 aliphatic carbocycles. The zero-order valence-electron chi connectivity index (χ0n) is 8.32. The molecule has 0 aromatic carbocycles. The molecule has 5 nitrogen and oxygen atoms in total. The summed E-state index contributed by atoms with van der Waals surface area (Å²) in [6.45, 7) is 2.61. The summed E-state index contributed by atoms with van der Waals surface area (Å²) in [4.78, 5) is 14.8. The standard InChI is InChI=1S/C9H12N2O3S/c1-9(3-2-4-14-9)8-11-5(7(12)13)6(10)15-8/h2-4,10H2,1H3,(H,12,13). The molecule has 15 heavy (non-hydrogen) atoms. The fraction of sp³-hybridized carbons (Fsp3) is 0.556. The normalized spacial score (nSPS) is 25.7. The van der Waals surface area contributed by atoms with E-state index in [-0.39, 0.29) is 10.7 Å². The van der Waals surface area contributed by atoms with Crippen LogP contribution in [0.4, 0.5) is 5.00 Å². The Bertz CT molecular complexity index is 396. The van der Waals surface area contributed by atoms with Crippen molar-refractivity contribution in [1.82, 2.24) is 4.98 Å². The lowest BCUT2D eigenvalue weighted by molar-refractivity contribution is 0.0165. The SMILES string of the molecule is CC1(c2nc(C(=O)O)c(N)s2)CCCO1. The van der Waals surface area contributed by atoms with Crippen molar-refractivity contribution in [3.05, 3.63) is 10.7 Å². The first-order valence-corrected chi connectivity index (χ1v) is 5.48. The van der Waals surface area contributed by atoms with Crippen LogP contribution in [-0.2, 0) is 10.3 Å². The first-order chi connectivity index (χ1) is 7.03. The van der Waals surface area contributed by atoms with Crippen LogP contribution < -0.4 is 5.73 Å². The lowest BCUT2D eigenvalue weighted by Crippen LogP contribution is -2.19. The number of thiazole rings is 1. The Kier molecular flexibility index (Phi) is 2.40. The van der Waals surface area contributed by atoms with E-state index in [1.54, 1.807) is 0 Å². The Morgan fingerprint density at radius 2 is 2.47 bits per heavy atom. The van der Waals surface area contributed by atoms with E-state index in [0.29, 0.717) is 11.6 Å². The van der Waals surface area contributed by atoms with Crippen LogP contribution in [-0.4, -0.2) is 22.7 Å². The van der Waals surface area contributed by atoms with Crippen LogP contribution in [0.25, 0.3) is 0 Å². The summed E-state index contributed by atoms with van der Waals surface area (Å²) in [5.74, 6) is -1.09. The number of anilines is 1. The van der Waals surface area contributed by atoms with Gasteiger partial charge in [-0.2, -0.15) is 0 Å². The molecule has 6 heteroatoms. The smallest absolute Gasteiger partial charge is 0.357 e. The van der Waals surface area contributed by atoms with Gasteiger partial charge in [0.1, 0.15) is 15.6 Å². The monoisotopic (exact) mass is 228 g/mol. The third-order valence-corrected chi connectivity index (χ3v) is 3.66. The first kappa shape index (κ1) is 10.4. The maximum Gasteiger partial charge on any atom is 0.357 e. The third kappa shape index (κ3) is 1.70. The van der Waals surface area contributed by atoms with Gasteiger partial charge < -0.3 is 15.6 Å². The lowest BCUT2D eigenvalue weighted by atomic mass is 10.0. The molecule has 2 rings (SSSR count). The van der Waals surface area contributed by atoms with Crippen molar-refractivity contribution in [3.63, 3.8) is 0 Å². The quantitative estimate of drug-likeness (QED) is 0.800. The summed E-state index contributed by atoms with van der Waals surface area (Å²) in [5.41, 5.74) is 5.07. The fourth-order valence-electron chi connectivity index (χ4n) is 1.66. The number of nitrogens with two attached hydrogens (primary N) is 1. The van der Waals surface area contributed by atoms with Crippen molar-refractivity contribution in [2.45, 2.75) is 25.4 Å². The molecule has 1 saturated heterocycles. The average molecular weight is 228 g/mol. The van der Waals surface area contributed by atoms with E-state index in [1.807, 2.05) is 6.92 Å². The van der Waals surface area contributed by atoms with Crippen molar-refractivity contribution >= 4 is 22.3 Å². The number of rotatable bonds is 2. The van der Waals surface area contributed by atoms with Crippen LogP contribution in [0.15, 0.2) is 0 Å². The number of hydrogen-bond donors (Lipinski definition) is 2. The van der Waals surface area contributed by atoms with Gasteiger partial charge >= 0.3 is 5.97 Å². The number of carbonyl (C=O) groups is 1. The van der Waals surface area contributed by atoms with Crippen molar-refractivity contribution in [3.8, 4) is 0 Å². The summed E-state index contributed by atoms with van der Waals surface area (Å²) in [6.07, 6.45) is 1.83. The van der Waals surface area contributed by atoms with Gasteiger partial charge in [0.2, 0.25) is 0 Å². The minimum atomic E-state index is -1.09.